The van der Waals surface area contributed by atoms with Crippen LogP contribution in [-0.2, 0) is 4.79 Å². The van der Waals surface area contributed by atoms with Gasteiger partial charge in [0.25, 0.3) is 5.91 Å². The molecule has 1 aliphatic heterocycles. The maximum atomic E-state index is 13.2. The van der Waals surface area contributed by atoms with E-state index in [-0.39, 0.29) is 11.5 Å². The van der Waals surface area contributed by atoms with Crippen molar-refractivity contribution in [1.29, 1.82) is 0 Å². The highest BCUT2D eigenvalue weighted by Crippen LogP contribution is 2.41. The van der Waals surface area contributed by atoms with Crippen molar-refractivity contribution < 1.29 is 14.7 Å². The molecule has 5 rings (SSSR count). The third-order valence-electron chi connectivity index (χ3n) is 4.80. The zero-order valence-corrected chi connectivity index (χ0v) is 15.8. The Balaban J connectivity index is 1.69. The number of amides is 1. The molecule has 0 bridgehead atoms. The lowest BCUT2D eigenvalue weighted by Crippen LogP contribution is -2.32. The van der Waals surface area contributed by atoms with E-state index in [1.54, 1.807) is 42.0 Å². The van der Waals surface area contributed by atoms with Crippen LogP contribution in [0.4, 0.5) is 5.95 Å². The molecule has 1 unspecified atom stereocenters. The summed E-state index contributed by atoms with van der Waals surface area (Å²) in [4.78, 5) is 39.7. The Bertz CT molecular complexity index is 1230. The molecule has 0 aliphatic carbocycles. The van der Waals surface area contributed by atoms with E-state index >= 15 is 0 Å². The number of anilines is 1. The van der Waals surface area contributed by atoms with Crippen LogP contribution in [0.15, 0.2) is 77.6 Å². The van der Waals surface area contributed by atoms with E-state index in [2.05, 4.69) is 15.0 Å². The largest absolute Gasteiger partial charge is 0.503 e. The van der Waals surface area contributed by atoms with E-state index in [0.29, 0.717) is 16.0 Å². The molecule has 1 atom stereocenters. The van der Waals surface area contributed by atoms with Crippen LogP contribution in [0.3, 0.4) is 0 Å². The predicted octanol–water partition coefficient (Wildman–Crippen LogP) is 3.80. The predicted molar refractivity (Wildman–Crippen MR) is 109 cm³/mol. The quantitative estimate of drug-likeness (QED) is 0.506. The second-order valence-electron chi connectivity index (χ2n) is 6.51. The summed E-state index contributed by atoms with van der Waals surface area (Å²) < 4.78 is 0. The van der Waals surface area contributed by atoms with Gasteiger partial charge in [-0.3, -0.25) is 19.5 Å². The highest BCUT2D eigenvalue weighted by molar-refractivity contribution is 7.12. The zero-order valence-electron chi connectivity index (χ0n) is 14.9. The minimum Gasteiger partial charge on any atom is -0.503 e. The fourth-order valence-electron chi connectivity index (χ4n) is 3.50. The third kappa shape index (κ3) is 2.73. The van der Waals surface area contributed by atoms with Gasteiger partial charge in [0.1, 0.15) is 0 Å². The number of nitrogens with zero attached hydrogens (tertiary/aromatic N) is 3. The molecule has 0 fully saturated rings. The Morgan fingerprint density at radius 3 is 2.72 bits per heavy atom. The number of rotatable bonds is 4. The SMILES string of the molecule is O=C(C1=C(O)C(=O)N(c2nc3ccccc3[nH]2)C1c1cccnc1)c1cccs1. The minimum absolute atomic E-state index is 0.0194. The van der Waals surface area contributed by atoms with Gasteiger partial charge in [-0.25, -0.2) is 4.98 Å². The summed E-state index contributed by atoms with van der Waals surface area (Å²) in [6.07, 6.45) is 3.18. The first-order valence-corrected chi connectivity index (χ1v) is 9.72. The van der Waals surface area contributed by atoms with Gasteiger partial charge in [-0.1, -0.05) is 24.3 Å². The second-order valence-corrected chi connectivity index (χ2v) is 7.46. The summed E-state index contributed by atoms with van der Waals surface area (Å²) in [5, 5.41) is 12.5. The molecular formula is C21H14N4O3S. The molecule has 1 amide bonds. The summed E-state index contributed by atoms with van der Waals surface area (Å²) in [6, 6.07) is 13.4. The Hall–Kier alpha value is -3.78. The molecular weight excluding hydrogens is 388 g/mol. The molecule has 2 N–H and O–H groups in total. The molecule has 29 heavy (non-hydrogen) atoms. The highest BCUT2D eigenvalue weighted by atomic mass is 32.1. The van der Waals surface area contributed by atoms with Crippen LogP contribution in [0.2, 0.25) is 0 Å². The zero-order chi connectivity index (χ0) is 20.0. The summed E-state index contributed by atoms with van der Waals surface area (Å²) in [6.45, 7) is 0. The fraction of sp³-hybridized carbons (Fsp3) is 0.0476. The van der Waals surface area contributed by atoms with Crippen LogP contribution < -0.4 is 4.90 Å². The molecule has 0 saturated heterocycles. The number of hydrogen-bond acceptors (Lipinski definition) is 6. The van der Waals surface area contributed by atoms with Crippen molar-refractivity contribution in [2.24, 2.45) is 0 Å². The number of hydrogen-bond donors (Lipinski definition) is 2. The molecule has 4 heterocycles. The number of thiophene rings is 1. The minimum atomic E-state index is -0.841. The van der Waals surface area contributed by atoms with E-state index in [1.807, 2.05) is 24.3 Å². The third-order valence-corrected chi connectivity index (χ3v) is 5.67. The molecule has 1 aliphatic rings. The molecule has 142 valence electrons. The lowest BCUT2D eigenvalue weighted by atomic mass is 9.97. The molecule has 0 saturated carbocycles. The number of Topliss-reactive ketones (excluding diaryl/α,β-unsaturated/α-hetero) is 1. The van der Waals surface area contributed by atoms with Gasteiger partial charge >= 0.3 is 0 Å². The van der Waals surface area contributed by atoms with Crippen LogP contribution in [0, 0.1) is 0 Å². The number of benzene rings is 1. The maximum Gasteiger partial charge on any atom is 0.296 e. The number of imidazole rings is 1. The summed E-state index contributed by atoms with van der Waals surface area (Å²) in [5.41, 5.74) is 2.05. The van der Waals surface area contributed by atoms with Gasteiger partial charge in [-0.2, -0.15) is 0 Å². The highest BCUT2D eigenvalue weighted by Gasteiger charge is 2.46. The number of pyridine rings is 1. The first-order chi connectivity index (χ1) is 14.1. The lowest BCUT2D eigenvalue weighted by Gasteiger charge is -2.24. The molecule has 3 aromatic heterocycles. The number of H-pyrrole nitrogens is 1. The number of carbonyl (C=O) groups excluding carboxylic acids is 2. The van der Waals surface area contributed by atoms with Crippen molar-refractivity contribution in [2.75, 3.05) is 4.90 Å². The molecule has 7 nitrogen and oxygen atoms in total. The standard InChI is InChI=1S/C21H14N4O3S/c26-18(15-8-4-10-29-15)16-17(12-5-3-9-22-11-12)25(20(28)19(16)27)21-23-13-6-1-2-7-14(13)24-21/h1-11,17,27H,(H,23,24). The van der Waals surface area contributed by atoms with E-state index in [4.69, 9.17) is 0 Å². The average molecular weight is 402 g/mol. The smallest absolute Gasteiger partial charge is 0.296 e. The van der Waals surface area contributed by atoms with Gasteiger partial charge in [0.2, 0.25) is 11.7 Å². The topological polar surface area (TPSA) is 99.2 Å². The molecule has 8 heteroatoms. The van der Waals surface area contributed by atoms with Crippen LogP contribution in [0.25, 0.3) is 11.0 Å². The molecule has 0 radical (unpaired) electrons. The van der Waals surface area contributed by atoms with E-state index in [0.717, 1.165) is 5.52 Å². The van der Waals surface area contributed by atoms with Crippen molar-refractivity contribution in [1.82, 2.24) is 15.0 Å². The van der Waals surface area contributed by atoms with E-state index in [9.17, 15) is 14.7 Å². The first kappa shape index (κ1) is 17.3. The van der Waals surface area contributed by atoms with Crippen molar-refractivity contribution in [3.8, 4) is 0 Å². The number of nitrogens with one attached hydrogen (secondary N) is 1. The summed E-state index contributed by atoms with van der Waals surface area (Å²) in [5.74, 6) is -1.39. The van der Waals surface area contributed by atoms with Gasteiger partial charge in [-0.05, 0) is 35.2 Å². The molecule has 0 spiro atoms. The maximum absolute atomic E-state index is 13.2. The van der Waals surface area contributed by atoms with Crippen molar-refractivity contribution >= 4 is 40.0 Å². The van der Waals surface area contributed by atoms with Crippen LogP contribution in [0.1, 0.15) is 21.3 Å². The van der Waals surface area contributed by atoms with Gasteiger partial charge in [-0.15, -0.1) is 11.3 Å². The number of ketones is 1. The number of fused-ring (bicyclic) bond motifs is 1. The van der Waals surface area contributed by atoms with Crippen molar-refractivity contribution in [2.45, 2.75) is 6.04 Å². The van der Waals surface area contributed by atoms with Gasteiger partial charge < -0.3 is 10.1 Å². The molecule has 4 aromatic rings. The van der Waals surface area contributed by atoms with Gasteiger partial charge in [0.15, 0.2) is 5.76 Å². The first-order valence-electron chi connectivity index (χ1n) is 8.84. The average Bonchev–Trinajstić information content (AvgIpc) is 3.47. The van der Waals surface area contributed by atoms with Crippen LogP contribution >= 0.6 is 11.3 Å². The Labute approximate surface area is 169 Å². The Kier molecular flexibility index (Phi) is 3.99. The number of para-hydroxylation sites is 2. The van der Waals surface area contributed by atoms with Crippen LogP contribution in [0.5, 0.6) is 0 Å². The number of aromatic amines is 1. The summed E-state index contributed by atoms with van der Waals surface area (Å²) in [7, 11) is 0. The van der Waals surface area contributed by atoms with Gasteiger partial charge in [0.05, 0.1) is 27.5 Å². The van der Waals surface area contributed by atoms with Crippen molar-refractivity contribution in [3.05, 3.63) is 88.1 Å². The lowest BCUT2D eigenvalue weighted by molar-refractivity contribution is -0.117. The van der Waals surface area contributed by atoms with E-state index < -0.39 is 23.5 Å². The Morgan fingerprint density at radius 2 is 2.00 bits per heavy atom. The number of aromatic nitrogens is 3. The number of aliphatic hydroxyl groups is 1. The Morgan fingerprint density at radius 1 is 1.14 bits per heavy atom. The van der Waals surface area contributed by atoms with E-state index in [1.165, 1.54) is 16.2 Å². The summed E-state index contributed by atoms with van der Waals surface area (Å²) >= 11 is 1.26. The normalized spacial score (nSPS) is 16.8. The second kappa shape index (κ2) is 6.68. The monoisotopic (exact) mass is 402 g/mol. The molecule has 1 aromatic carbocycles. The fourth-order valence-corrected chi connectivity index (χ4v) is 4.18. The van der Waals surface area contributed by atoms with Crippen LogP contribution in [-0.4, -0.2) is 31.7 Å². The number of carbonyl (C=O) groups is 2. The number of aliphatic hydroxyl groups excluding tert-OH is 1. The van der Waals surface area contributed by atoms with Gasteiger partial charge in [0, 0.05) is 12.4 Å². The van der Waals surface area contributed by atoms with Crippen molar-refractivity contribution in [3.63, 3.8) is 0 Å².